The number of benzene rings is 4. The second kappa shape index (κ2) is 14.6. The Morgan fingerprint density at radius 3 is 2.09 bits per heavy atom. The Labute approximate surface area is 263 Å². The summed E-state index contributed by atoms with van der Waals surface area (Å²) < 4.78 is 29.0. The summed E-state index contributed by atoms with van der Waals surface area (Å²) in [6.45, 7) is 3.45. The van der Waals surface area contributed by atoms with Gasteiger partial charge in [0.2, 0.25) is 11.8 Å². The summed E-state index contributed by atoms with van der Waals surface area (Å²) in [5.41, 5.74) is 2.66. The maximum atomic E-state index is 14.4. The van der Waals surface area contributed by atoms with Crippen molar-refractivity contribution in [1.82, 2.24) is 10.2 Å². The molecule has 0 fully saturated rings. The molecule has 0 aliphatic rings. The fourth-order valence-electron chi connectivity index (χ4n) is 4.64. The van der Waals surface area contributed by atoms with Gasteiger partial charge >= 0.3 is 0 Å². The first-order valence-electron chi connectivity index (χ1n) is 13.8. The van der Waals surface area contributed by atoms with Gasteiger partial charge in [-0.2, -0.15) is 0 Å². The molecule has 0 bridgehead atoms. The molecule has 1 atom stereocenters. The normalized spacial score (nSPS) is 11.9. The molecule has 0 aliphatic carbocycles. The molecule has 0 heterocycles. The Balaban J connectivity index is 1.80. The lowest BCUT2D eigenvalue weighted by Gasteiger charge is -2.34. The van der Waals surface area contributed by atoms with E-state index in [0.717, 1.165) is 15.4 Å². The lowest BCUT2D eigenvalue weighted by molar-refractivity contribution is -0.140. The maximum absolute atomic E-state index is 14.4. The highest BCUT2D eigenvalue weighted by Gasteiger charge is 2.34. The smallest absolute Gasteiger partial charge is 0.264 e. The van der Waals surface area contributed by atoms with Crippen molar-refractivity contribution in [2.75, 3.05) is 17.4 Å². The van der Waals surface area contributed by atoms with Crippen molar-refractivity contribution in [3.05, 3.63) is 130 Å². The summed E-state index contributed by atoms with van der Waals surface area (Å²) in [6.07, 6.45) is 0.208. The number of rotatable bonds is 12. The van der Waals surface area contributed by atoms with Crippen LogP contribution >= 0.6 is 23.2 Å². The zero-order chi connectivity index (χ0) is 31.0. The molecule has 0 radical (unpaired) electrons. The number of aryl methyl sites for hydroxylation is 1. The number of amides is 2. The van der Waals surface area contributed by atoms with Crippen molar-refractivity contribution in [3.63, 3.8) is 0 Å². The molecular weight excluding hydrogens is 605 g/mol. The van der Waals surface area contributed by atoms with Crippen LogP contribution in [0.4, 0.5) is 5.69 Å². The summed E-state index contributed by atoms with van der Waals surface area (Å²) in [7, 11) is -4.16. The van der Waals surface area contributed by atoms with Gasteiger partial charge in [0, 0.05) is 29.6 Å². The second-order valence-electron chi connectivity index (χ2n) is 10.0. The standard InChI is InChI=1S/C33H33Cl2N3O4S/c1-3-36-33(40)31(20-25-10-6-4-7-11-25)37(22-26-16-17-27(34)21-30(26)35)32(39)23-38(28-18-14-24(2)15-19-28)43(41,42)29-12-8-5-9-13-29/h4-19,21,31H,3,20,22-23H2,1-2H3,(H,36,40)/t31-/m0/s1. The average Bonchev–Trinajstić information content (AvgIpc) is 3.00. The lowest BCUT2D eigenvalue weighted by atomic mass is 10.0. The number of nitrogens with zero attached hydrogens (tertiary/aromatic N) is 2. The average molecular weight is 639 g/mol. The number of likely N-dealkylation sites (N-methyl/N-ethyl adjacent to an activating group) is 1. The van der Waals surface area contributed by atoms with E-state index in [9.17, 15) is 18.0 Å². The maximum Gasteiger partial charge on any atom is 0.264 e. The number of carbonyl (C=O) groups is 2. The molecular formula is C33H33Cl2N3O4S. The summed E-state index contributed by atoms with van der Waals surface area (Å²) in [5, 5.41) is 3.59. The molecule has 10 heteroatoms. The van der Waals surface area contributed by atoms with Gasteiger partial charge in [-0.25, -0.2) is 8.42 Å². The molecule has 0 saturated carbocycles. The summed E-state index contributed by atoms with van der Waals surface area (Å²) in [5.74, 6) is -0.934. The van der Waals surface area contributed by atoms with Gasteiger partial charge < -0.3 is 10.2 Å². The van der Waals surface area contributed by atoms with Gasteiger partial charge in [-0.15, -0.1) is 0 Å². The number of carbonyl (C=O) groups excluding carboxylic acids is 2. The Morgan fingerprint density at radius 1 is 0.860 bits per heavy atom. The highest BCUT2D eigenvalue weighted by molar-refractivity contribution is 7.92. The van der Waals surface area contributed by atoms with E-state index in [1.165, 1.54) is 17.0 Å². The molecule has 43 heavy (non-hydrogen) atoms. The van der Waals surface area contributed by atoms with Gasteiger partial charge in [-0.05, 0) is 61.4 Å². The monoisotopic (exact) mass is 637 g/mol. The molecule has 224 valence electrons. The van der Waals surface area contributed by atoms with Gasteiger partial charge in [0.1, 0.15) is 12.6 Å². The molecule has 0 aliphatic heterocycles. The second-order valence-corrected chi connectivity index (χ2v) is 12.7. The number of hydrogen-bond donors (Lipinski definition) is 1. The van der Waals surface area contributed by atoms with Crippen LogP contribution < -0.4 is 9.62 Å². The van der Waals surface area contributed by atoms with E-state index in [-0.39, 0.29) is 23.8 Å². The molecule has 0 saturated heterocycles. The number of halogens is 2. The van der Waals surface area contributed by atoms with E-state index in [1.807, 2.05) is 37.3 Å². The van der Waals surface area contributed by atoms with Crippen LogP contribution in [0.25, 0.3) is 0 Å². The number of hydrogen-bond acceptors (Lipinski definition) is 4. The topological polar surface area (TPSA) is 86.8 Å². The molecule has 7 nitrogen and oxygen atoms in total. The minimum atomic E-state index is -4.16. The first-order chi connectivity index (χ1) is 20.6. The Bertz CT molecular complexity index is 1650. The fourth-order valence-corrected chi connectivity index (χ4v) is 6.54. The van der Waals surface area contributed by atoms with Crippen LogP contribution in [0, 0.1) is 6.92 Å². The van der Waals surface area contributed by atoms with Crippen LogP contribution in [0.5, 0.6) is 0 Å². The molecule has 1 N–H and O–H groups in total. The number of sulfonamides is 1. The Kier molecular flexibility index (Phi) is 10.9. The van der Waals surface area contributed by atoms with Gasteiger partial charge in [0.25, 0.3) is 10.0 Å². The highest BCUT2D eigenvalue weighted by atomic mass is 35.5. The van der Waals surface area contributed by atoms with Crippen LogP contribution in [-0.2, 0) is 32.6 Å². The number of anilines is 1. The SMILES string of the molecule is CCNC(=O)[C@H](Cc1ccccc1)N(Cc1ccc(Cl)cc1Cl)C(=O)CN(c1ccc(C)cc1)S(=O)(=O)c1ccccc1. The molecule has 4 aromatic rings. The third-order valence-electron chi connectivity index (χ3n) is 6.91. The van der Waals surface area contributed by atoms with Crippen LogP contribution in [0.1, 0.15) is 23.6 Å². The van der Waals surface area contributed by atoms with E-state index in [1.54, 1.807) is 67.6 Å². The van der Waals surface area contributed by atoms with Gasteiger partial charge in [0.15, 0.2) is 0 Å². The molecule has 2 amide bonds. The van der Waals surface area contributed by atoms with E-state index < -0.39 is 28.5 Å². The summed E-state index contributed by atoms with van der Waals surface area (Å²) in [4.78, 5) is 29.3. The third kappa shape index (κ3) is 8.16. The molecule has 0 aromatic heterocycles. The molecule has 0 unspecified atom stereocenters. The first-order valence-corrected chi connectivity index (χ1v) is 16.0. The molecule has 4 aromatic carbocycles. The first kappa shape index (κ1) is 32.1. The van der Waals surface area contributed by atoms with Gasteiger partial charge in [-0.1, -0.05) is 95.5 Å². The summed E-state index contributed by atoms with van der Waals surface area (Å²) in [6, 6.07) is 28.1. The third-order valence-corrected chi connectivity index (χ3v) is 9.28. The van der Waals surface area contributed by atoms with E-state index in [4.69, 9.17) is 23.2 Å². The van der Waals surface area contributed by atoms with E-state index in [0.29, 0.717) is 27.8 Å². The largest absolute Gasteiger partial charge is 0.355 e. The summed E-state index contributed by atoms with van der Waals surface area (Å²) >= 11 is 12.7. The van der Waals surface area contributed by atoms with Crippen molar-refractivity contribution in [3.8, 4) is 0 Å². The van der Waals surface area contributed by atoms with Crippen molar-refractivity contribution in [2.24, 2.45) is 0 Å². The van der Waals surface area contributed by atoms with Gasteiger partial charge in [0.05, 0.1) is 10.6 Å². The van der Waals surface area contributed by atoms with Crippen LogP contribution in [0.3, 0.4) is 0 Å². The minimum absolute atomic E-state index is 0.0419. The lowest BCUT2D eigenvalue weighted by Crippen LogP contribution is -2.53. The van der Waals surface area contributed by atoms with E-state index in [2.05, 4.69) is 5.32 Å². The van der Waals surface area contributed by atoms with Gasteiger partial charge in [-0.3, -0.25) is 13.9 Å². The van der Waals surface area contributed by atoms with Crippen molar-refractivity contribution in [2.45, 2.75) is 37.8 Å². The quantitative estimate of drug-likeness (QED) is 0.198. The Morgan fingerprint density at radius 2 is 1.49 bits per heavy atom. The van der Waals surface area contributed by atoms with Crippen molar-refractivity contribution < 1.29 is 18.0 Å². The van der Waals surface area contributed by atoms with Crippen molar-refractivity contribution in [1.29, 1.82) is 0 Å². The van der Waals surface area contributed by atoms with Crippen LogP contribution in [0.15, 0.2) is 108 Å². The predicted octanol–water partition coefficient (Wildman–Crippen LogP) is 6.27. The highest BCUT2D eigenvalue weighted by Crippen LogP contribution is 2.27. The van der Waals surface area contributed by atoms with E-state index >= 15 is 0 Å². The molecule has 0 spiro atoms. The minimum Gasteiger partial charge on any atom is -0.355 e. The predicted molar refractivity (Wildman–Crippen MR) is 172 cm³/mol. The zero-order valence-corrected chi connectivity index (χ0v) is 26.2. The number of nitrogens with one attached hydrogen (secondary N) is 1. The van der Waals surface area contributed by atoms with Crippen LogP contribution in [0.2, 0.25) is 10.0 Å². The molecule has 4 rings (SSSR count). The Hall–Kier alpha value is -3.85. The van der Waals surface area contributed by atoms with Crippen molar-refractivity contribution >= 4 is 50.7 Å². The van der Waals surface area contributed by atoms with Crippen LogP contribution in [-0.4, -0.2) is 44.3 Å². The fraction of sp³-hybridized carbons (Fsp3) is 0.212. The zero-order valence-electron chi connectivity index (χ0n) is 23.9.